The number of thiazole rings is 1. The normalized spacial score (nSPS) is 10.3. The highest BCUT2D eigenvalue weighted by molar-refractivity contribution is 7.14. The fourth-order valence-corrected chi connectivity index (χ4v) is 2.48. The predicted octanol–water partition coefficient (Wildman–Crippen LogP) is 3.49. The lowest BCUT2D eigenvalue weighted by Crippen LogP contribution is -2.12. The Morgan fingerprint density at radius 3 is 2.60 bits per heavy atom. The van der Waals surface area contributed by atoms with Gasteiger partial charge in [0.1, 0.15) is 5.69 Å². The maximum Gasteiger partial charge on any atom is 0.257 e. The van der Waals surface area contributed by atoms with Gasteiger partial charge in [0.2, 0.25) is 0 Å². The summed E-state index contributed by atoms with van der Waals surface area (Å²) in [5, 5.41) is 4.86. The first-order valence-electron chi connectivity index (χ1n) is 5.41. The SMILES string of the molecule is CC(=O)c1csc(NC(=O)c2cc(N)c(Cl)c(Cl)c2)n1. The molecule has 0 saturated carbocycles. The molecule has 0 unspecified atom stereocenters. The molecule has 0 atom stereocenters. The Balaban J connectivity index is 2.21. The summed E-state index contributed by atoms with van der Waals surface area (Å²) in [7, 11) is 0. The molecule has 0 fully saturated rings. The van der Waals surface area contributed by atoms with Crippen molar-refractivity contribution in [2.24, 2.45) is 0 Å². The van der Waals surface area contributed by atoms with Gasteiger partial charge in [0.15, 0.2) is 10.9 Å². The highest BCUT2D eigenvalue weighted by Crippen LogP contribution is 2.29. The molecule has 0 bridgehead atoms. The summed E-state index contributed by atoms with van der Waals surface area (Å²) in [6.07, 6.45) is 0. The van der Waals surface area contributed by atoms with Crippen molar-refractivity contribution < 1.29 is 9.59 Å². The third-order valence-corrected chi connectivity index (χ3v) is 3.98. The summed E-state index contributed by atoms with van der Waals surface area (Å²) in [5.74, 6) is -0.597. The Bertz CT molecular complexity index is 677. The van der Waals surface area contributed by atoms with Crippen molar-refractivity contribution in [2.45, 2.75) is 6.92 Å². The lowest BCUT2D eigenvalue weighted by atomic mass is 10.2. The zero-order chi connectivity index (χ0) is 14.9. The molecule has 0 radical (unpaired) electrons. The molecular weight excluding hydrogens is 321 g/mol. The molecule has 2 aromatic rings. The van der Waals surface area contributed by atoms with E-state index in [1.54, 1.807) is 5.38 Å². The molecule has 1 amide bonds. The van der Waals surface area contributed by atoms with Crippen LogP contribution in [0.1, 0.15) is 27.8 Å². The molecule has 8 heteroatoms. The molecule has 104 valence electrons. The predicted molar refractivity (Wildman–Crippen MR) is 80.9 cm³/mol. The number of nitrogens with zero attached hydrogens (tertiary/aromatic N) is 1. The van der Waals surface area contributed by atoms with Gasteiger partial charge in [0, 0.05) is 17.9 Å². The van der Waals surface area contributed by atoms with Crippen LogP contribution in [0.25, 0.3) is 0 Å². The number of hydrogen-bond acceptors (Lipinski definition) is 5. The van der Waals surface area contributed by atoms with E-state index in [1.807, 2.05) is 0 Å². The Kier molecular flexibility index (Phi) is 4.27. The van der Waals surface area contributed by atoms with E-state index in [0.717, 1.165) is 11.3 Å². The van der Waals surface area contributed by atoms with E-state index < -0.39 is 5.91 Å². The highest BCUT2D eigenvalue weighted by atomic mass is 35.5. The first-order chi connectivity index (χ1) is 9.38. The van der Waals surface area contributed by atoms with Gasteiger partial charge in [0.05, 0.1) is 15.7 Å². The molecule has 5 nitrogen and oxygen atoms in total. The van der Waals surface area contributed by atoms with Gasteiger partial charge < -0.3 is 5.73 Å². The van der Waals surface area contributed by atoms with Crippen LogP contribution in [0.5, 0.6) is 0 Å². The smallest absolute Gasteiger partial charge is 0.257 e. The molecule has 0 spiro atoms. The van der Waals surface area contributed by atoms with Crippen molar-refractivity contribution in [3.05, 3.63) is 38.8 Å². The molecule has 1 heterocycles. The zero-order valence-corrected chi connectivity index (χ0v) is 12.6. The number of carbonyl (C=O) groups excluding carboxylic acids is 2. The molecule has 0 saturated heterocycles. The van der Waals surface area contributed by atoms with Crippen LogP contribution in [0.3, 0.4) is 0 Å². The van der Waals surface area contributed by atoms with Crippen molar-refractivity contribution in [3.8, 4) is 0 Å². The van der Waals surface area contributed by atoms with E-state index in [4.69, 9.17) is 28.9 Å². The number of halogens is 2. The third-order valence-electron chi connectivity index (χ3n) is 2.40. The number of aromatic nitrogens is 1. The number of rotatable bonds is 3. The molecule has 0 aliphatic rings. The van der Waals surface area contributed by atoms with Gasteiger partial charge in [-0.2, -0.15) is 0 Å². The van der Waals surface area contributed by atoms with E-state index in [-0.39, 0.29) is 27.1 Å². The molecule has 0 aliphatic heterocycles. The second-order valence-corrected chi connectivity index (χ2v) is 5.55. The quantitative estimate of drug-likeness (QED) is 0.666. The zero-order valence-electron chi connectivity index (χ0n) is 10.2. The maximum atomic E-state index is 12.0. The fourth-order valence-electron chi connectivity index (χ4n) is 1.40. The molecule has 2 rings (SSSR count). The molecule has 3 N–H and O–H groups in total. The van der Waals surface area contributed by atoms with Gasteiger partial charge in [-0.1, -0.05) is 23.2 Å². The van der Waals surface area contributed by atoms with Crippen molar-refractivity contribution in [3.63, 3.8) is 0 Å². The van der Waals surface area contributed by atoms with E-state index in [1.165, 1.54) is 19.1 Å². The number of hydrogen-bond donors (Lipinski definition) is 2. The molecule has 20 heavy (non-hydrogen) atoms. The monoisotopic (exact) mass is 329 g/mol. The minimum absolute atomic E-state index is 0.166. The third kappa shape index (κ3) is 3.09. The van der Waals surface area contributed by atoms with Crippen LogP contribution in [-0.2, 0) is 0 Å². The largest absolute Gasteiger partial charge is 0.397 e. The molecule has 1 aromatic carbocycles. The number of amides is 1. The summed E-state index contributed by atoms with van der Waals surface area (Å²) >= 11 is 12.8. The number of Topliss-reactive ketones (excluding diaryl/α,β-unsaturated/α-hetero) is 1. The number of anilines is 2. The van der Waals surface area contributed by atoms with Crippen LogP contribution in [0.2, 0.25) is 10.0 Å². The summed E-state index contributed by atoms with van der Waals surface area (Å²) < 4.78 is 0. The van der Waals surface area contributed by atoms with E-state index in [2.05, 4.69) is 10.3 Å². The summed E-state index contributed by atoms with van der Waals surface area (Å²) in [5.41, 5.74) is 6.42. The van der Waals surface area contributed by atoms with Gasteiger partial charge in [0.25, 0.3) is 5.91 Å². The lowest BCUT2D eigenvalue weighted by Gasteiger charge is -2.06. The Hall–Kier alpha value is -1.63. The first-order valence-corrected chi connectivity index (χ1v) is 7.04. The van der Waals surface area contributed by atoms with Crippen LogP contribution in [0.15, 0.2) is 17.5 Å². The summed E-state index contributed by atoms with van der Waals surface area (Å²) in [4.78, 5) is 27.1. The second-order valence-electron chi connectivity index (χ2n) is 3.91. The van der Waals surface area contributed by atoms with Crippen molar-refractivity contribution in [1.82, 2.24) is 4.98 Å². The van der Waals surface area contributed by atoms with Gasteiger partial charge in [-0.25, -0.2) is 4.98 Å². The maximum absolute atomic E-state index is 12.0. The van der Waals surface area contributed by atoms with Gasteiger partial charge in [-0.3, -0.25) is 14.9 Å². The van der Waals surface area contributed by atoms with Crippen LogP contribution in [-0.4, -0.2) is 16.7 Å². The van der Waals surface area contributed by atoms with Crippen molar-refractivity contribution >= 4 is 57.0 Å². The second kappa shape index (κ2) is 5.78. The minimum atomic E-state index is -0.431. The average molecular weight is 330 g/mol. The molecule has 0 aliphatic carbocycles. The molecular formula is C12H9Cl2N3O2S. The standard InChI is InChI=1S/C12H9Cl2N3O2S/c1-5(18)9-4-20-12(16-9)17-11(19)6-2-7(13)10(14)8(15)3-6/h2-4H,15H2,1H3,(H,16,17,19). The average Bonchev–Trinajstić information content (AvgIpc) is 2.84. The topological polar surface area (TPSA) is 85.1 Å². The summed E-state index contributed by atoms with van der Waals surface area (Å²) in [6.45, 7) is 1.40. The minimum Gasteiger partial charge on any atom is -0.397 e. The lowest BCUT2D eigenvalue weighted by molar-refractivity contribution is 0.100. The fraction of sp³-hybridized carbons (Fsp3) is 0.0833. The Morgan fingerprint density at radius 2 is 2.05 bits per heavy atom. The van der Waals surface area contributed by atoms with E-state index >= 15 is 0 Å². The van der Waals surface area contributed by atoms with Crippen LogP contribution in [0.4, 0.5) is 10.8 Å². The van der Waals surface area contributed by atoms with E-state index in [0.29, 0.717) is 10.8 Å². The van der Waals surface area contributed by atoms with Crippen LogP contribution < -0.4 is 11.1 Å². The van der Waals surface area contributed by atoms with Crippen molar-refractivity contribution in [1.29, 1.82) is 0 Å². The van der Waals surface area contributed by atoms with E-state index in [9.17, 15) is 9.59 Å². The number of ketones is 1. The van der Waals surface area contributed by atoms with Gasteiger partial charge in [-0.15, -0.1) is 11.3 Å². The van der Waals surface area contributed by atoms with Crippen molar-refractivity contribution in [2.75, 3.05) is 11.1 Å². The number of carbonyl (C=O) groups is 2. The highest BCUT2D eigenvalue weighted by Gasteiger charge is 2.14. The molecule has 1 aromatic heterocycles. The first kappa shape index (κ1) is 14.8. The number of benzene rings is 1. The Labute approximate surface area is 128 Å². The van der Waals surface area contributed by atoms with Crippen LogP contribution >= 0.6 is 34.5 Å². The summed E-state index contributed by atoms with van der Waals surface area (Å²) in [6, 6.07) is 2.83. The van der Waals surface area contributed by atoms with Gasteiger partial charge >= 0.3 is 0 Å². The number of nitrogens with two attached hydrogens (primary N) is 1. The van der Waals surface area contributed by atoms with Gasteiger partial charge in [-0.05, 0) is 12.1 Å². The van der Waals surface area contributed by atoms with Crippen LogP contribution in [0, 0.1) is 0 Å². The Morgan fingerprint density at radius 1 is 1.35 bits per heavy atom. The number of nitrogens with one attached hydrogen (secondary N) is 1. The number of nitrogen functional groups attached to an aromatic ring is 1.